The summed E-state index contributed by atoms with van der Waals surface area (Å²) in [7, 11) is -2.80. The molecule has 0 aliphatic rings. The van der Waals surface area contributed by atoms with Crippen molar-refractivity contribution in [1.82, 2.24) is 14.3 Å². The Kier molecular flexibility index (Phi) is 3.86. The van der Waals surface area contributed by atoms with E-state index in [0.717, 1.165) is 10.5 Å². The Morgan fingerprint density at radius 1 is 1.47 bits per heavy atom. The van der Waals surface area contributed by atoms with Crippen LogP contribution in [0.15, 0.2) is 20.7 Å². The third-order valence-corrected chi connectivity index (χ3v) is 4.30. The molecule has 8 nitrogen and oxygen atoms in total. The Bertz CT molecular complexity index is 602. The molecule has 0 fully saturated rings. The first kappa shape index (κ1) is 13.6. The van der Waals surface area contributed by atoms with Gasteiger partial charge in [0.25, 0.3) is 5.56 Å². The van der Waals surface area contributed by atoms with E-state index in [1.165, 1.54) is 14.0 Å². The molecule has 1 aromatic heterocycles. The Balaban J connectivity index is 3.32. The molecule has 1 unspecified atom stereocenters. The highest BCUT2D eigenvalue weighted by molar-refractivity contribution is 7.89. The number of aliphatic hydroxyl groups excluding tert-OH is 1. The highest BCUT2D eigenvalue weighted by Crippen LogP contribution is 2.10. The molecule has 0 spiro atoms. The molecule has 17 heavy (non-hydrogen) atoms. The van der Waals surface area contributed by atoms with Crippen molar-refractivity contribution in [3.8, 4) is 0 Å². The van der Waals surface area contributed by atoms with Crippen LogP contribution in [0.4, 0.5) is 0 Å². The first-order chi connectivity index (χ1) is 7.80. The number of nitrogens with zero attached hydrogens (tertiary/aromatic N) is 1. The quantitative estimate of drug-likeness (QED) is 0.583. The largest absolute Gasteiger partial charge is 0.395 e. The number of rotatable bonds is 4. The monoisotopic (exact) mass is 263 g/mol. The van der Waals surface area contributed by atoms with Crippen molar-refractivity contribution >= 4 is 10.0 Å². The van der Waals surface area contributed by atoms with E-state index in [0.29, 0.717) is 0 Å². The summed E-state index contributed by atoms with van der Waals surface area (Å²) in [6.07, 6.45) is 0.830. The number of H-pyrrole nitrogens is 2. The van der Waals surface area contributed by atoms with Gasteiger partial charge in [0.05, 0.1) is 6.61 Å². The van der Waals surface area contributed by atoms with Gasteiger partial charge < -0.3 is 10.1 Å². The van der Waals surface area contributed by atoms with Gasteiger partial charge in [-0.05, 0) is 6.92 Å². The molecule has 0 saturated carbocycles. The summed E-state index contributed by atoms with van der Waals surface area (Å²) in [5.74, 6) is 0. The Morgan fingerprint density at radius 3 is 2.53 bits per heavy atom. The van der Waals surface area contributed by atoms with E-state index < -0.39 is 32.2 Å². The average molecular weight is 263 g/mol. The molecule has 3 N–H and O–H groups in total. The van der Waals surface area contributed by atoms with Crippen LogP contribution in [0.2, 0.25) is 0 Å². The predicted molar refractivity (Wildman–Crippen MR) is 59.2 cm³/mol. The van der Waals surface area contributed by atoms with Crippen molar-refractivity contribution < 1.29 is 13.5 Å². The maximum absolute atomic E-state index is 11.9. The zero-order valence-electron chi connectivity index (χ0n) is 9.30. The number of sulfonamides is 1. The molecular weight excluding hydrogens is 250 g/mol. The summed E-state index contributed by atoms with van der Waals surface area (Å²) in [6, 6.07) is -0.675. The minimum Gasteiger partial charge on any atom is -0.395 e. The van der Waals surface area contributed by atoms with Crippen LogP contribution in [0.3, 0.4) is 0 Å². The molecule has 0 radical (unpaired) electrons. The zero-order valence-corrected chi connectivity index (χ0v) is 10.1. The molecule has 1 aromatic rings. The smallest absolute Gasteiger partial charge is 0.325 e. The van der Waals surface area contributed by atoms with Crippen molar-refractivity contribution in [2.24, 2.45) is 0 Å². The summed E-state index contributed by atoms with van der Waals surface area (Å²) in [5.41, 5.74) is -1.78. The molecule has 0 saturated heterocycles. The van der Waals surface area contributed by atoms with Gasteiger partial charge in [-0.25, -0.2) is 13.2 Å². The van der Waals surface area contributed by atoms with Crippen LogP contribution in [0, 0.1) is 0 Å². The molecular formula is C8H13N3O5S. The van der Waals surface area contributed by atoms with Crippen LogP contribution < -0.4 is 11.2 Å². The molecule has 96 valence electrons. The number of hydrogen-bond acceptors (Lipinski definition) is 5. The summed E-state index contributed by atoms with van der Waals surface area (Å²) >= 11 is 0. The van der Waals surface area contributed by atoms with Gasteiger partial charge >= 0.3 is 5.69 Å². The van der Waals surface area contributed by atoms with E-state index >= 15 is 0 Å². The van der Waals surface area contributed by atoms with Crippen LogP contribution in [-0.2, 0) is 10.0 Å². The number of likely N-dealkylation sites (N-methyl/N-ethyl adjacent to an activating group) is 1. The maximum Gasteiger partial charge on any atom is 0.325 e. The van der Waals surface area contributed by atoms with Gasteiger partial charge in [0.1, 0.15) is 0 Å². The van der Waals surface area contributed by atoms with Gasteiger partial charge in [-0.1, -0.05) is 0 Å². The molecule has 0 aliphatic heterocycles. The summed E-state index contributed by atoms with van der Waals surface area (Å²) < 4.78 is 24.7. The van der Waals surface area contributed by atoms with Crippen molar-refractivity contribution in [3.05, 3.63) is 27.0 Å². The third-order valence-electron chi connectivity index (χ3n) is 2.33. The van der Waals surface area contributed by atoms with E-state index in [-0.39, 0.29) is 6.61 Å². The molecule has 1 heterocycles. The molecule has 0 amide bonds. The first-order valence-corrected chi connectivity index (χ1v) is 6.15. The van der Waals surface area contributed by atoms with Crippen LogP contribution in [0.25, 0.3) is 0 Å². The Hall–Kier alpha value is -1.45. The lowest BCUT2D eigenvalue weighted by Crippen LogP contribution is -2.40. The lowest BCUT2D eigenvalue weighted by Gasteiger charge is -2.21. The van der Waals surface area contributed by atoms with Crippen molar-refractivity contribution in [2.45, 2.75) is 17.9 Å². The number of nitrogens with one attached hydrogen (secondary N) is 2. The molecule has 1 atom stereocenters. The van der Waals surface area contributed by atoms with E-state index in [2.05, 4.69) is 4.98 Å². The first-order valence-electron chi connectivity index (χ1n) is 4.71. The van der Waals surface area contributed by atoms with E-state index in [4.69, 9.17) is 5.11 Å². The minimum atomic E-state index is -4.04. The number of hydrogen-bond donors (Lipinski definition) is 3. The molecule has 1 rings (SSSR count). The Morgan fingerprint density at radius 2 is 2.06 bits per heavy atom. The second-order valence-corrected chi connectivity index (χ2v) is 5.45. The molecule has 9 heteroatoms. The molecule has 0 aromatic carbocycles. The topological polar surface area (TPSA) is 123 Å². The second kappa shape index (κ2) is 4.82. The average Bonchev–Trinajstić information content (AvgIpc) is 2.26. The fourth-order valence-electron chi connectivity index (χ4n) is 1.10. The van der Waals surface area contributed by atoms with Crippen molar-refractivity contribution in [2.75, 3.05) is 13.7 Å². The van der Waals surface area contributed by atoms with E-state index in [1.807, 2.05) is 4.98 Å². The summed E-state index contributed by atoms with van der Waals surface area (Å²) in [5, 5.41) is 8.88. The summed E-state index contributed by atoms with van der Waals surface area (Å²) in [4.78, 5) is 25.5. The fraction of sp³-hybridized carbons (Fsp3) is 0.500. The number of aromatic nitrogens is 2. The zero-order chi connectivity index (χ0) is 13.2. The van der Waals surface area contributed by atoms with E-state index in [9.17, 15) is 18.0 Å². The third kappa shape index (κ3) is 2.62. The van der Waals surface area contributed by atoms with Crippen LogP contribution in [-0.4, -0.2) is 47.5 Å². The second-order valence-electron chi connectivity index (χ2n) is 3.49. The maximum atomic E-state index is 11.9. The highest BCUT2D eigenvalue weighted by Gasteiger charge is 2.27. The summed E-state index contributed by atoms with van der Waals surface area (Å²) in [6.45, 7) is 1.11. The number of aliphatic hydroxyl groups is 1. The predicted octanol–water partition coefficient (Wildman–Crippen LogP) is -1.94. The van der Waals surface area contributed by atoms with Crippen LogP contribution in [0.1, 0.15) is 6.92 Å². The lowest BCUT2D eigenvalue weighted by molar-refractivity contribution is 0.213. The molecule has 0 aliphatic carbocycles. The number of aromatic amines is 2. The van der Waals surface area contributed by atoms with Gasteiger partial charge in [0.2, 0.25) is 10.0 Å². The fourth-order valence-corrected chi connectivity index (χ4v) is 2.44. The van der Waals surface area contributed by atoms with Crippen LogP contribution in [0.5, 0.6) is 0 Å². The van der Waals surface area contributed by atoms with Gasteiger partial charge in [-0.15, -0.1) is 0 Å². The van der Waals surface area contributed by atoms with Crippen LogP contribution >= 0.6 is 0 Å². The lowest BCUT2D eigenvalue weighted by atomic mass is 10.4. The SMILES string of the molecule is CC(CO)N(C)S(=O)(=O)c1c[nH]c(=O)[nH]c1=O. The van der Waals surface area contributed by atoms with Crippen molar-refractivity contribution in [1.29, 1.82) is 0 Å². The van der Waals surface area contributed by atoms with Crippen molar-refractivity contribution in [3.63, 3.8) is 0 Å². The van der Waals surface area contributed by atoms with Gasteiger partial charge in [0, 0.05) is 19.3 Å². The van der Waals surface area contributed by atoms with Gasteiger partial charge in [-0.3, -0.25) is 9.78 Å². The minimum absolute atomic E-state index is 0.378. The standard InChI is InChI=1S/C8H13N3O5S/c1-5(4-12)11(2)17(15,16)6-3-9-8(14)10-7(6)13/h3,5,12H,4H2,1-2H3,(H2,9,10,13,14). The van der Waals surface area contributed by atoms with E-state index in [1.54, 1.807) is 0 Å². The van der Waals surface area contributed by atoms with Gasteiger partial charge in [0.15, 0.2) is 4.90 Å². The Labute approximate surface area is 97.0 Å². The highest BCUT2D eigenvalue weighted by atomic mass is 32.2. The normalized spacial score (nSPS) is 13.9. The molecule has 0 bridgehead atoms. The van der Waals surface area contributed by atoms with Gasteiger partial charge in [-0.2, -0.15) is 4.31 Å².